The Morgan fingerprint density at radius 2 is 1.71 bits per heavy atom. The number of anilines is 1. The predicted octanol–water partition coefficient (Wildman–Crippen LogP) is 4.01. The molecule has 35 heavy (non-hydrogen) atoms. The third-order valence-corrected chi connectivity index (χ3v) is 5.99. The van der Waals surface area contributed by atoms with E-state index in [-0.39, 0.29) is 6.42 Å². The smallest absolute Gasteiger partial charge is 0.389 e. The zero-order valence-corrected chi connectivity index (χ0v) is 19.2. The van der Waals surface area contributed by atoms with E-state index in [0.29, 0.717) is 22.5 Å². The van der Waals surface area contributed by atoms with Gasteiger partial charge in [0, 0.05) is 24.6 Å². The molecule has 3 atom stereocenters. The van der Waals surface area contributed by atoms with Crippen LogP contribution in [0.3, 0.4) is 0 Å². The first-order valence-electron chi connectivity index (χ1n) is 11.1. The van der Waals surface area contributed by atoms with E-state index in [1.807, 2.05) is 6.07 Å². The number of alkyl halides is 3. The van der Waals surface area contributed by atoms with Crippen molar-refractivity contribution in [2.75, 3.05) is 11.9 Å². The average molecular weight is 489 g/mol. The molecule has 0 spiro atoms. The number of hydrogen-bond acceptors (Lipinski definition) is 4. The fourth-order valence-electron chi connectivity index (χ4n) is 4.15. The molecule has 186 valence electrons. The highest BCUT2D eigenvalue weighted by atomic mass is 19.4. The van der Waals surface area contributed by atoms with Gasteiger partial charge in [-0.05, 0) is 18.9 Å². The summed E-state index contributed by atoms with van der Waals surface area (Å²) < 4.78 is 38.2. The Bertz CT molecular complexity index is 1120. The molecule has 2 aromatic rings. The number of benzene rings is 2. The summed E-state index contributed by atoms with van der Waals surface area (Å²) >= 11 is 0. The van der Waals surface area contributed by atoms with Crippen molar-refractivity contribution in [2.24, 2.45) is 16.8 Å². The SMILES string of the molecule is CC[C@@H](C(=O)N[C@H]1N=C(c2ccccc2)c2ccccc2N(C)C1=O)[C@H](CCC(F)(F)F)C(=O)O. The summed E-state index contributed by atoms with van der Waals surface area (Å²) in [7, 11) is 1.53. The number of carboxylic acids is 1. The van der Waals surface area contributed by atoms with Crippen LogP contribution in [0, 0.1) is 11.8 Å². The van der Waals surface area contributed by atoms with Crippen molar-refractivity contribution >= 4 is 29.2 Å². The first-order valence-corrected chi connectivity index (χ1v) is 11.1. The van der Waals surface area contributed by atoms with Crippen molar-refractivity contribution in [3.8, 4) is 0 Å². The van der Waals surface area contributed by atoms with Crippen LogP contribution in [0.15, 0.2) is 59.6 Å². The number of benzodiazepines with no additional fused rings is 1. The van der Waals surface area contributed by atoms with Gasteiger partial charge in [-0.2, -0.15) is 13.2 Å². The summed E-state index contributed by atoms with van der Waals surface area (Å²) in [5.74, 6) is -5.73. The number of hydrogen-bond donors (Lipinski definition) is 2. The number of nitrogens with one attached hydrogen (secondary N) is 1. The number of aliphatic carboxylic acids is 1. The molecule has 0 saturated carbocycles. The van der Waals surface area contributed by atoms with Crippen molar-refractivity contribution in [2.45, 2.75) is 38.5 Å². The number of likely N-dealkylation sites (N-methyl/N-ethyl adjacent to an activating group) is 1. The van der Waals surface area contributed by atoms with E-state index in [4.69, 9.17) is 0 Å². The van der Waals surface area contributed by atoms with Gasteiger partial charge in [0.1, 0.15) is 0 Å². The number of para-hydroxylation sites is 1. The topological polar surface area (TPSA) is 99.1 Å². The molecule has 0 aliphatic carbocycles. The minimum atomic E-state index is -4.55. The Morgan fingerprint density at radius 1 is 1.09 bits per heavy atom. The Balaban J connectivity index is 1.96. The lowest BCUT2D eigenvalue weighted by molar-refractivity contribution is -0.154. The van der Waals surface area contributed by atoms with Crippen LogP contribution in [-0.2, 0) is 14.4 Å². The number of rotatable bonds is 8. The average Bonchev–Trinajstić information content (AvgIpc) is 2.92. The molecule has 0 radical (unpaired) electrons. The third-order valence-electron chi connectivity index (χ3n) is 5.99. The van der Waals surface area contributed by atoms with Crippen LogP contribution in [0.5, 0.6) is 0 Å². The molecular weight excluding hydrogens is 463 g/mol. The molecule has 7 nitrogen and oxygen atoms in total. The lowest BCUT2D eigenvalue weighted by Crippen LogP contribution is -2.49. The fraction of sp³-hybridized carbons (Fsp3) is 0.360. The molecule has 0 unspecified atom stereocenters. The van der Waals surface area contributed by atoms with Gasteiger partial charge in [-0.15, -0.1) is 0 Å². The molecular formula is C25H26F3N3O4. The number of nitrogens with zero attached hydrogens (tertiary/aromatic N) is 2. The Kier molecular flexibility index (Phi) is 7.93. The van der Waals surface area contributed by atoms with Crippen LogP contribution >= 0.6 is 0 Å². The second kappa shape index (κ2) is 10.7. The maximum atomic E-state index is 13.2. The molecule has 10 heteroatoms. The molecule has 1 heterocycles. The van der Waals surface area contributed by atoms with Crippen molar-refractivity contribution < 1.29 is 32.7 Å². The minimum Gasteiger partial charge on any atom is -0.481 e. The molecule has 1 aliphatic heterocycles. The Hall–Kier alpha value is -3.69. The summed E-state index contributed by atoms with van der Waals surface area (Å²) in [6.07, 6.45) is -8.03. The summed E-state index contributed by atoms with van der Waals surface area (Å²) in [5.41, 5.74) is 2.37. The van der Waals surface area contributed by atoms with E-state index in [1.165, 1.54) is 18.9 Å². The van der Waals surface area contributed by atoms with E-state index in [2.05, 4.69) is 10.3 Å². The minimum absolute atomic E-state index is 0.0209. The second-order valence-corrected chi connectivity index (χ2v) is 8.28. The number of carbonyl (C=O) groups is 3. The van der Waals surface area contributed by atoms with Gasteiger partial charge < -0.3 is 15.3 Å². The van der Waals surface area contributed by atoms with Gasteiger partial charge >= 0.3 is 12.1 Å². The first-order chi connectivity index (χ1) is 16.5. The number of amides is 2. The summed E-state index contributed by atoms with van der Waals surface area (Å²) in [4.78, 5) is 43.9. The van der Waals surface area contributed by atoms with Gasteiger partial charge in [0.25, 0.3) is 5.91 Å². The number of halogens is 3. The third kappa shape index (κ3) is 6.06. The van der Waals surface area contributed by atoms with Gasteiger partial charge in [-0.25, -0.2) is 4.99 Å². The maximum absolute atomic E-state index is 13.2. The largest absolute Gasteiger partial charge is 0.481 e. The Morgan fingerprint density at radius 3 is 2.31 bits per heavy atom. The standard InChI is InChI=1S/C25H26F3N3O4/c1-3-16(17(24(34)35)13-14-25(26,27)28)22(32)30-21-23(33)31(2)19-12-8-7-11-18(19)20(29-21)15-9-5-4-6-10-15/h4-12,16-17,21H,3,13-14H2,1-2H3,(H,30,32)(H,34,35)/t16-,17+,21-/m1/s1. The van der Waals surface area contributed by atoms with E-state index >= 15 is 0 Å². The second-order valence-electron chi connectivity index (χ2n) is 8.28. The quantitative estimate of drug-likeness (QED) is 0.585. The molecule has 2 N–H and O–H groups in total. The van der Waals surface area contributed by atoms with E-state index in [0.717, 1.165) is 0 Å². The van der Waals surface area contributed by atoms with Crippen LogP contribution < -0.4 is 10.2 Å². The zero-order valence-electron chi connectivity index (χ0n) is 19.2. The molecule has 2 aromatic carbocycles. The highest BCUT2D eigenvalue weighted by Crippen LogP contribution is 2.30. The van der Waals surface area contributed by atoms with Crippen LogP contribution in [0.1, 0.15) is 37.3 Å². The molecule has 0 bridgehead atoms. The van der Waals surface area contributed by atoms with Crippen LogP contribution in [0.25, 0.3) is 0 Å². The molecule has 0 saturated heterocycles. The first kappa shape index (κ1) is 25.9. The van der Waals surface area contributed by atoms with Gasteiger partial charge in [0.2, 0.25) is 12.1 Å². The van der Waals surface area contributed by atoms with Crippen molar-refractivity contribution in [3.05, 3.63) is 65.7 Å². The summed E-state index contributed by atoms with van der Waals surface area (Å²) in [5, 5.41) is 12.0. The Labute approximate surface area is 200 Å². The van der Waals surface area contributed by atoms with Gasteiger partial charge in [0.05, 0.1) is 23.2 Å². The van der Waals surface area contributed by atoms with Crippen molar-refractivity contribution in [1.29, 1.82) is 0 Å². The molecule has 0 fully saturated rings. The van der Waals surface area contributed by atoms with Gasteiger partial charge in [-0.3, -0.25) is 14.4 Å². The normalized spacial score (nSPS) is 17.6. The van der Waals surface area contributed by atoms with Gasteiger partial charge in [-0.1, -0.05) is 55.5 Å². The van der Waals surface area contributed by atoms with Crippen LogP contribution in [0.2, 0.25) is 0 Å². The lowest BCUT2D eigenvalue weighted by atomic mass is 9.85. The highest BCUT2D eigenvalue weighted by Gasteiger charge is 2.39. The molecule has 3 rings (SSSR count). The number of aliphatic imine (C=N–C) groups is 1. The fourth-order valence-corrected chi connectivity index (χ4v) is 4.15. The van der Waals surface area contributed by atoms with E-state index in [1.54, 1.807) is 48.5 Å². The maximum Gasteiger partial charge on any atom is 0.389 e. The van der Waals surface area contributed by atoms with Crippen LogP contribution in [0.4, 0.5) is 18.9 Å². The molecule has 0 aromatic heterocycles. The predicted molar refractivity (Wildman–Crippen MR) is 124 cm³/mol. The lowest BCUT2D eigenvalue weighted by Gasteiger charge is -2.25. The highest BCUT2D eigenvalue weighted by molar-refractivity contribution is 6.20. The number of carbonyl (C=O) groups excluding carboxylic acids is 2. The number of carboxylic acid groups (broad SMARTS) is 1. The zero-order chi connectivity index (χ0) is 25.8. The molecule has 1 aliphatic rings. The van der Waals surface area contributed by atoms with Gasteiger partial charge in [0.15, 0.2) is 0 Å². The van der Waals surface area contributed by atoms with E-state index in [9.17, 15) is 32.7 Å². The monoisotopic (exact) mass is 489 g/mol. The van der Waals surface area contributed by atoms with Crippen LogP contribution in [-0.4, -0.2) is 48.0 Å². The van der Waals surface area contributed by atoms with Crippen molar-refractivity contribution in [1.82, 2.24) is 5.32 Å². The van der Waals surface area contributed by atoms with Crippen molar-refractivity contribution in [3.63, 3.8) is 0 Å². The number of fused-ring (bicyclic) bond motifs is 1. The summed E-state index contributed by atoms with van der Waals surface area (Å²) in [6.45, 7) is 1.52. The summed E-state index contributed by atoms with van der Waals surface area (Å²) in [6, 6.07) is 16.1. The molecule has 2 amide bonds. The van der Waals surface area contributed by atoms with E-state index < -0.39 is 54.8 Å².